The fourth-order valence-corrected chi connectivity index (χ4v) is 7.08. The number of carbonyl (C=O) groups is 1. The molecule has 0 aromatic rings. The van der Waals surface area contributed by atoms with Crippen molar-refractivity contribution in [2.24, 2.45) is 40.9 Å². The third kappa shape index (κ3) is 2.46. The SMILES string of the molecule is C=C[C@H]1CC2=CC(=O)CC[C@@H]2[C@H]2CC[C@]3(C)[C@H](/C=C/C)C(=C)C[C@H]3[C@@H]21. The predicted molar refractivity (Wildman–Crippen MR) is 104 cm³/mol. The van der Waals surface area contributed by atoms with E-state index < -0.39 is 0 Å². The first-order chi connectivity index (χ1) is 12.0. The molecule has 25 heavy (non-hydrogen) atoms. The molecule has 0 radical (unpaired) electrons. The van der Waals surface area contributed by atoms with Crippen molar-refractivity contribution in [2.45, 2.75) is 52.4 Å². The molecule has 1 nitrogen and oxygen atoms in total. The number of allylic oxidation sites excluding steroid dienone is 5. The van der Waals surface area contributed by atoms with E-state index in [9.17, 15) is 4.79 Å². The Morgan fingerprint density at radius 1 is 1.28 bits per heavy atom. The molecule has 0 heterocycles. The second-order valence-corrected chi connectivity index (χ2v) is 9.19. The highest BCUT2D eigenvalue weighted by molar-refractivity contribution is 5.91. The fraction of sp³-hybridized carbons (Fsp3) is 0.625. The van der Waals surface area contributed by atoms with Gasteiger partial charge in [-0.15, -0.1) is 6.58 Å². The number of hydrogen-bond donors (Lipinski definition) is 0. The van der Waals surface area contributed by atoms with E-state index in [1.807, 2.05) is 6.08 Å². The molecule has 0 spiro atoms. The molecule has 4 aliphatic carbocycles. The summed E-state index contributed by atoms with van der Waals surface area (Å²) >= 11 is 0. The van der Waals surface area contributed by atoms with E-state index >= 15 is 0 Å². The summed E-state index contributed by atoms with van der Waals surface area (Å²) in [5.74, 6) is 4.25. The Balaban J connectivity index is 1.72. The van der Waals surface area contributed by atoms with Crippen LogP contribution in [0.2, 0.25) is 0 Å². The van der Waals surface area contributed by atoms with Crippen LogP contribution < -0.4 is 0 Å². The Bertz CT molecular complexity index is 666. The van der Waals surface area contributed by atoms with E-state index in [0.717, 1.165) is 37.0 Å². The molecule has 3 fully saturated rings. The molecule has 0 aliphatic heterocycles. The van der Waals surface area contributed by atoms with Crippen LogP contribution in [-0.2, 0) is 4.79 Å². The Morgan fingerprint density at radius 3 is 2.80 bits per heavy atom. The third-order valence-corrected chi connectivity index (χ3v) is 8.15. The predicted octanol–water partition coefficient (Wildman–Crippen LogP) is 5.90. The molecule has 0 bridgehead atoms. The van der Waals surface area contributed by atoms with Gasteiger partial charge in [-0.3, -0.25) is 4.79 Å². The van der Waals surface area contributed by atoms with Crippen LogP contribution in [0.1, 0.15) is 52.4 Å². The van der Waals surface area contributed by atoms with Crippen LogP contribution in [0.25, 0.3) is 0 Å². The van der Waals surface area contributed by atoms with Crippen molar-refractivity contribution in [3.8, 4) is 0 Å². The smallest absolute Gasteiger partial charge is 0.155 e. The van der Waals surface area contributed by atoms with E-state index in [1.165, 1.54) is 30.4 Å². The Kier molecular flexibility index (Phi) is 4.17. The zero-order valence-electron chi connectivity index (χ0n) is 15.8. The summed E-state index contributed by atoms with van der Waals surface area (Å²) in [6.45, 7) is 13.3. The molecule has 0 aromatic heterocycles. The lowest BCUT2D eigenvalue weighted by atomic mass is 9.48. The molecule has 0 saturated heterocycles. The summed E-state index contributed by atoms with van der Waals surface area (Å²) in [4.78, 5) is 11.9. The van der Waals surface area contributed by atoms with E-state index in [-0.39, 0.29) is 0 Å². The Hall–Kier alpha value is -1.37. The van der Waals surface area contributed by atoms with Crippen molar-refractivity contribution in [1.29, 1.82) is 0 Å². The second kappa shape index (κ2) is 6.11. The fourth-order valence-electron chi connectivity index (χ4n) is 7.08. The van der Waals surface area contributed by atoms with E-state index in [1.54, 1.807) is 0 Å². The van der Waals surface area contributed by atoms with Gasteiger partial charge in [0.05, 0.1) is 0 Å². The van der Waals surface area contributed by atoms with E-state index in [4.69, 9.17) is 0 Å². The lowest BCUT2D eigenvalue weighted by Gasteiger charge is -2.56. The Labute approximate surface area is 153 Å². The average Bonchev–Trinajstić information content (AvgIpc) is 2.85. The van der Waals surface area contributed by atoms with Crippen LogP contribution in [0, 0.1) is 40.9 Å². The van der Waals surface area contributed by atoms with Crippen LogP contribution in [0.3, 0.4) is 0 Å². The number of ketones is 1. The van der Waals surface area contributed by atoms with Gasteiger partial charge in [-0.1, -0.05) is 42.9 Å². The highest BCUT2D eigenvalue weighted by Crippen LogP contribution is 2.66. The summed E-state index contributed by atoms with van der Waals surface area (Å²) < 4.78 is 0. The van der Waals surface area contributed by atoms with Gasteiger partial charge in [-0.2, -0.15) is 0 Å². The minimum Gasteiger partial charge on any atom is -0.295 e. The van der Waals surface area contributed by atoms with Crippen molar-refractivity contribution in [2.75, 3.05) is 0 Å². The van der Waals surface area contributed by atoms with Crippen molar-refractivity contribution >= 4 is 5.78 Å². The molecule has 0 unspecified atom stereocenters. The Morgan fingerprint density at radius 2 is 2.08 bits per heavy atom. The van der Waals surface area contributed by atoms with Gasteiger partial charge in [0.25, 0.3) is 0 Å². The number of carbonyl (C=O) groups excluding carboxylic acids is 1. The maximum Gasteiger partial charge on any atom is 0.155 e. The molecule has 1 heteroatoms. The summed E-state index contributed by atoms with van der Waals surface area (Å²) in [6, 6.07) is 0. The highest BCUT2D eigenvalue weighted by Gasteiger charge is 2.58. The third-order valence-electron chi connectivity index (χ3n) is 8.15. The molecule has 7 atom stereocenters. The molecule has 134 valence electrons. The van der Waals surface area contributed by atoms with Gasteiger partial charge in [0.15, 0.2) is 5.78 Å². The standard InChI is InChI=1S/C24H32O/c1-5-7-21-15(3)12-22-23-16(6-2)13-17-14-18(25)8-9-19(17)20(23)10-11-24(21,22)4/h5-7,14,16,19-23H,2-3,8-13H2,1,4H3/b7-5+/t16-,19-,20+,21+,22-,23+,24+/m0/s1. The van der Waals surface area contributed by atoms with Gasteiger partial charge in [0, 0.05) is 12.3 Å². The minimum atomic E-state index is 0.343. The van der Waals surface area contributed by atoms with Gasteiger partial charge in [-0.25, -0.2) is 0 Å². The normalized spacial score (nSPS) is 46.4. The zero-order valence-corrected chi connectivity index (χ0v) is 15.8. The summed E-state index contributed by atoms with van der Waals surface area (Å²) in [7, 11) is 0. The van der Waals surface area contributed by atoms with Gasteiger partial charge >= 0.3 is 0 Å². The molecule has 0 aromatic carbocycles. The van der Waals surface area contributed by atoms with Crippen molar-refractivity contribution in [3.05, 3.63) is 48.6 Å². The van der Waals surface area contributed by atoms with Crippen LogP contribution in [0.5, 0.6) is 0 Å². The van der Waals surface area contributed by atoms with Crippen LogP contribution in [0.15, 0.2) is 48.6 Å². The number of hydrogen-bond acceptors (Lipinski definition) is 1. The second-order valence-electron chi connectivity index (χ2n) is 9.19. The van der Waals surface area contributed by atoms with Crippen molar-refractivity contribution in [3.63, 3.8) is 0 Å². The molecule has 3 saturated carbocycles. The summed E-state index contributed by atoms with van der Waals surface area (Å²) in [6.07, 6.45) is 15.5. The van der Waals surface area contributed by atoms with Crippen LogP contribution in [0.4, 0.5) is 0 Å². The van der Waals surface area contributed by atoms with Gasteiger partial charge in [-0.05, 0) is 80.1 Å². The minimum absolute atomic E-state index is 0.343. The lowest BCUT2D eigenvalue weighted by Crippen LogP contribution is -2.49. The molecule has 4 rings (SSSR count). The largest absolute Gasteiger partial charge is 0.295 e. The molecule has 0 N–H and O–H groups in total. The molecule has 4 aliphatic rings. The van der Waals surface area contributed by atoms with Crippen LogP contribution in [-0.4, -0.2) is 5.78 Å². The first-order valence-electron chi connectivity index (χ1n) is 10.2. The monoisotopic (exact) mass is 336 g/mol. The maximum absolute atomic E-state index is 11.9. The van der Waals surface area contributed by atoms with E-state index in [2.05, 4.69) is 45.2 Å². The van der Waals surface area contributed by atoms with Crippen molar-refractivity contribution < 1.29 is 4.79 Å². The van der Waals surface area contributed by atoms with Gasteiger partial charge in [0.2, 0.25) is 0 Å². The number of fused-ring (bicyclic) bond motifs is 5. The molecule has 0 amide bonds. The van der Waals surface area contributed by atoms with Gasteiger partial charge < -0.3 is 0 Å². The molecular formula is C24H32O. The summed E-state index contributed by atoms with van der Waals surface area (Å²) in [5.41, 5.74) is 3.24. The van der Waals surface area contributed by atoms with Crippen molar-refractivity contribution in [1.82, 2.24) is 0 Å². The zero-order chi connectivity index (χ0) is 17.8. The quantitative estimate of drug-likeness (QED) is 0.574. The summed E-state index contributed by atoms with van der Waals surface area (Å²) in [5, 5.41) is 0. The first-order valence-corrected chi connectivity index (χ1v) is 10.2. The first kappa shape index (κ1) is 17.1. The number of rotatable bonds is 2. The van der Waals surface area contributed by atoms with Crippen LogP contribution >= 0.6 is 0 Å². The maximum atomic E-state index is 11.9. The topological polar surface area (TPSA) is 17.1 Å². The molecular weight excluding hydrogens is 304 g/mol. The average molecular weight is 337 g/mol. The lowest BCUT2D eigenvalue weighted by molar-refractivity contribution is -0.116. The van der Waals surface area contributed by atoms with E-state index in [0.29, 0.717) is 29.0 Å². The van der Waals surface area contributed by atoms with Gasteiger partial charge in [0.1, 0.15) is 0 Å². The highest BCUT2D eigenvalue weighted by atomic mass is 16.1.